The topological polar surface area (TPSA) is 75.7 Å². The molecule has 0 bridgehead atoms. The molecule has 1 N–H and O–H groups in total. The van der Waals surface area contributed by atoms with Crippen LogP contribution in [0.5, 0.6) is 11.5 Å². The first-order chi connectivity index (χ1) is 17.4. The largest absolute Gasteiger partial charge is 0.457 e. The second-order valence-corrected chi connectivity index (χ2v) is 10.1. The standard InChI is InChI=1S/C28H23FN2O4S/c29-22-10-8-20(9-11-22)28(32)31-18-4-5-21-19-26(16-17-27(21)31)36(33,34)30-23-12-14-25(15-13-23)35-24-6-2-1-3-7-24/h1-3,6-17,19,30H,4-5,18H2. The zero-order chi connectivity index (χ0) is 25.1. The quantitative estimate of drug-likeness (QED) is 0.350. The lowest BCUT2D eigenvalue weighted by Crippen LogP contribution is -2.35. The first-order valence-electron chi connectivity index (χ1n) is 11.5. The van der Waals surface area contributed by atoms with Crippen LogP contribution in [-0.2, 0) is 16.4 Å². The number of para-hydroxylation sites is 1. The van der Waals surface area contributed by atoms with Crippen molar-refractivity contribution in [3.8, 4) is 11.5 Å². The molecule has 0 spiro atoms. The number of benzene rings is 4. The Balaban J connectivity index is 1.33. The fourth-order valence-electron chi connectivity index (χ4n) is 4.13. The molecule has 1 aliphatic heterocycles. The van der Waals surface area contributed by atoms with Gasteiger partial charge in [0.15, 0.2) is 0 Å². The maximum Gasteiger partial charge on any atom is 0.261 e. The summed E-state index contributed by atoms with van der Waals surface area (Å²) >= 11 is 0. The fraction of sp³-hybridized carbons (Fsp3) is 0.107. The zero-order valence-electron chi connectivity index (χ0n) is 19.2. The number of amides is 1. The lowest BCUT2D eigenvalue weighted by atomic mass is 10.0. The number of nitrogens with one attached hydrogen (secondary N) is 1. The lowest BCUT2D eigenvalue weighted by Gasteiger charge is -2.30. The highest BCUT2D eigenvalue weighted by Gasteiger charge is 2.26. The van der Waals surface area contributed by atoms with Crippen molar-refractivity contribution in [2.75, 3.05) is 16.2 Å². The van der Waals surface area contributed by atoms with E-state index in [-0.39, 0.29) is 10.8 Å². The Bertz CT molecular complexity index is 1490. The molecule has 182 valence electrons. The number of hydrogen-bond acceptors (Lipinski definition) is 4. The Labute approximate surface area is 209 Å². The van der Waals surface area contributed by atoms with Crippen LogP contribution in [0.1, 0.15) is 22.3 Å². The number of ether oxygens (including phenoxy) is 1. The van der Waals surface area contributed by atoms with Crippen molar-refractivity contribution in [2.45, 2.75) is 17.7 Å². The Morgan fingerprint density at radius 1 is 0.861 bits per heavy atom. The number of nitrogens with zero attached hydrogens (tertiary/aromatic N) is 1. The van der Waals surface area contributed by atoms with Crippen molar-refractivity contribution in [3.63, 3.8) is 0 Å². The summed E-state index contributed by atoms with van der Waals surface area (Å²) in [4.78, 5) is 14.7. The van der Waals surface area contributed by atoms with Crippen molar-refractivity contribution in [2.24, 2.45) is 0 Å². The maximum absolute atomic E-state index is 13.3. The van der Waals surface area contributed by atoms with Crippen LogP contribution >= 0.6 is 0 Å². The van der Waals surface area contributed by atoms with Crippen molar-refractivity contribution in [3.05, 3.63) is 114 Å². The monoisotopic (exact) mass is 502 g/mol. The third-order valence-electron chi connectivity index (χ3n) is 5.90. The number of halogens is 1. The minimum absolute atomic E-state index is 0.113. The lowest BCUT2D eigenvalue weighted by molar-refractivity contribution is 0.0985. The van der Waals surface area contributed by atoms with Gasteiger partial charge in [0.2, 0.25) is 0 Å². The minimum atomic E-state index is -3.85. The summed E-state index contributed by atoms with van der Waals surface area (Å²) in [6.45, 7) is 0.505. The van der Waals surface area contributed by atoms with Gasteiger partial charge in [-0.15, -0.1) is 0 Å². The van der Waals surface area contributed by atoms with Gasteiger partial charge in [0.05, 0.1) is 4.90 Å². The Hall–Kier alpha value is -4.17. The average molecular weight is 503 g/mol. The van der Waals surface area contributed by atoms with Gasteiger partial charge in [-0.2, -0.15) is 0 Å². The van der Waals surface area contributed by atoms with Crippen LogP contribution in [0.2, 0.25) is 0 Å². The Kier molecular flexibility index (Phi) is 6.43. The highest BCUT2D eigenvalue weighted by molar-refractivity contribution is 7.92. The molecule has 5 rings (SSSR count). The number of carbonyl (C=O) groups is 1. The van der Waals surface area contributed by atoms with Crippen molar-refractivity contribution in [1.82, 2.24) is 0 Å². The smallest absolute Gasteiger partial charge is 0.261 e. The van der Waals surface area contributed by atoms with E-state index in [0.29, 0.717) is 47.8 Å². The summed E-state index contributed by atoms with van der Waals surface area (Å²) in [6.07, 6.45) is 1.34. The fourth-order valence-corrected chi connectivity index (χ4v) is 5.24. The second-order valence-electron chi connectivity index (χ2n) is 8.40. The number of carbonyl (C=O) groups excluding carboxylic acids is 1. The van der Waals surface area contributed by atoms with E-state index >= 15 is 0 Å². The first kappa shape index (κ1) is 23.6. The van der Waals surface area contributed by atoms with Crippen LogP contribution < -0.4 is 14.4 Å². The van der Waals surface area contributed by atoms with Gasteiger partial charge < -0.3 is 9.64 Å². The molecular weight excluding hydrogens is 479 g/mol. The number of aryl methyl sites for hydroxylation is 1. The molecule has 1 heterocycles. The predicted octanol–water partition coefficient (Wildman–Crippen LogP) is 6.01. The number of sulfonamides is 1. The van der Waals surface area contributed by atoms with E-state index < -0.39 is 15.8 Å². The molecule has 0 saturated carbocycles. The number of anilines is 2. The summed E-state index contributed by atoms with van der Waals surface area (Å²) in [7, 11) is -3.85. The third-order valence-corrected chi connectivity index (χ3v) is 7.28. The maximum atomic E-state index is 13.3. The van der Waals surface area contributed by atoms with E-state index in [4.69, 9.17) is 4.74 Å². The molecule has 0 atom stereocenters. The summed E-state index contributed by atoms with van der Waals surface area (Å²) in [5.74, 6) is 0.615. The Morgan fingerprint density at radius 2 is 1.56 bits per heavy atom. The van der Waals surface area contributed by atoms with E-state index in [1.54, 1.807) is 41.3 Å². The molecule has 0 aromatic heterocycles. The number of rotatable bonds is 6. The van der Waals surface area contributed by atoms with Gasteiger partial charge in [-0.1, -0.05) is 18.2 Å². The van der Waals surface area contributed by atoms with Gasteiger partial charge in [0, 0.05) is 23.5 Å². The molecule has 0 saturated heterocycles. The first-order valence-corrected chi connectivity index (χ1v) is 12.9. The molecule has 0 radical (unpaired) electrons. The van der Waals surface area contributed by atoms with E-state index in [1.807, 2.05) is 30.3 Å². The molecule has 0 aliphatic carbocycles. The number of fused-ring (bicyclic) bond motifs is 1. The zero-order valence-corrected chi connectivity index (χ0v) is 20.0. The van der Waals surface area contributed by atoms with Gasteiger partial charge in [0.25, 0.3) is 15.9 Å². The summed E-state index contributed by atoms with van der Waals surface area (Å²) in [5.41, 5.74) is 2.21. The van der Waals surface area contributed by atoms with Gasteiger partial charge >= 0.3 is 0 Å². The normalized spacial score (nSPS) is 13.1. The van der Waals surface area contributed by atoms with Gasteiger partial charge in [-0.05, 0) is 97.3 Å². The Morgan fingerprint density at radius 3 is 2.28 bits per heavy atom. The van der Waals surface area contributed by atoms with E-state index in [1.165, 1.54) is 30.3 Å². The molecule has 1 amide bonds. The van der Waals surface area contributed by atoms with Crippen LogP contribution in [0, 0.1) is 5.82 Å². The molecular formula is C28H23FN2O4S. The summed E-state index contributed by atoms with van der Waals surface area (Å²) in [5, 5.41) is 0. The van der Waals surface area contributed by atoms with Crippen molar-refractivity contribution >= 4 is 27.3 Å². The average Bonchev–Trinajstić information content (AvgIpc) is 2.89. The molecule has 0 unspecified atom stereocenters. The van der Waals surface area contributed by atoms with E-state index in [2.05, 4.69) is 4.72 Å². The summed E-state index contributed by atoms with van der Waals surface area (Å²) < 4.78 is 47.8. The molecule has 6 nitrogen and oxygen atoms in total. The molecule has 8 heteroatoms. The van der Waals surface area contributed by atoms with Crippen LogP contribution in [0.15, 0.2) is 102 Å². The van der Waals surface area contributed by atoms with Gasteiger partial charge in [-0.3, -0.25) is 9.52 Å². The van der Waals surface area contributed by atoms with E-state index in [9.17, 15) is 17.6 Å². The molecule has 1 aliphatic rings. The van der Waals surface area contributed by atoms with E-state index in [0.717, 1.165) is 5.56 Å². The van der Waals surface area contributed by atoms with Crippen molar-refractivity contribution < 1.29 is 22.3 Å². The second kappa shape index (κ2) is 9.83. The third kappa shape index (κ3) is 5.08. The highest BCUT2D eigenvalue weighted by atomic mass is 32.2. The predicted molar refractivity (Wildman–Crippen MR) is 137 cm³/mol. The molecule has 4 aromatic carbocycles. The van der Waals surface area contributed by atoms with Gasteiger partial charge in [-0.25, -0.2) is 12.8 Å². The SMILES string of the molecule is O=C(c1ccc(F)cc1)N1CCCc2cc(S(=O)(=O)Nc3ccc(Oc4ccccc4)cc3)ccc21. The van der Waals surface area contributed by atoms with Crippen molar-refractivity contribution in [1.29, 1.82) is 0 Å². The minimum Gasteiger partial charge on any atom is -0.457 e. The summed E-state index contributed by atoms with van der Waals surface area (Å²) in [6, 6.07) is 26.1. The van der Waals surface area contributed by atoms with Crippen LogP contribution in [0.25, 0.3) is 0 Å². The van der Waals surface area contributed by atoms with Crippen LogP contribution in [0.4, 0.5) is 15.8 Å². The molecule has 4 aromatic rings. The van der Waals surface area contributed by atoms with Crippen LogP contribution in [-0.4, -0.2) is 20.9 Å². The highest BCUT2D eigenvalue weighted by Crippen LogP contribution is 2.31. The molecule has 36 heavy (non-hydrogen) atoms. The number of hydrogen-bond donors (Lipinski definition) is 1. The van der Waals surface area contributed by atoms with Gasteiger partial charge in [0.1, 0.15) is 17.3 Å². The van der Waals surface area contributed by atoms with Crippen LogP contribution in [0.3, 0.4) is 0 Å². The molecule has 0 fully saturated rings.